The van der Waals surface area contributed by atoms with Gasteiger partial charge in [0.2, 0.25) is 0 Å². The maximum atomic E-state index is 12.5. The monoisotopic (exact) mass is 474 g/mol. The summed E-state index contributed by atoms with van der Waals surface area (Å²) < 4.78 is 12.2. The van der Waals surface area contributed by atoms with Crippen molar-refractivity contribution in [2.75, 3.05) is 39.4 Å². The van der Waals surface area contributed by atoms with Gasteiger partial charge < -0.3 is 14.4 Å². The van der Waals surface area contributed by atoms with Crippen LogP contribution in [0.5, 0.6) is 6.01 Å². The summed E-state index contributed by atoms with van der Waals surface area (Å²) in [4.78, 5) is 24.7. The number of hydrogen-bond acceptors (Lipinski definition) is 8. The number of carbonyl (C=O) groups is 1. The molecule has 0 radical (unpaired) electrons. The lowest BCUT2D eigenvalue weighted by Crippen LogP contribution is -2.49. The molecular weight excluding hydrogens is 448 g/mol. The van der Waals surface area contributed by atoms with Crippen LogP contribution >= 0.6 is 0 Å². The standard InChI is InChI=1S/C25H26N6O4/c32-25(34-19-18-33-24-27-22-12-7-13-26-31(22)28-24)29-14-16-30(17-15-29)35-23(20-8-3-1-4-9-20)21-10-5-2-6-11-21/h1-13,23H,14-19H2. The van der Waals surface area contributed by atoms with Crippen LogP contribution in [-0.2, 0) is 9.57 Å². The van der Waals surface area contributed by atoms with E-state index in [4.69, 9.17) is 14.3 Å². The van der Waals surface area contributed by atoms with Gasteiger partial charge in [-0.15, -0.1) is 4.63 Å². The molecule has 0 saturated carbocycles. The van der Waals surface area contributed by atoms with E-state index in [-0.39, 0.29) is 31.4 Å². The van der Waals surface area contributed by atoms with Crippen LogP contribution in [0.1, 0.15) is 17.2 Å². The van der Waals surface area contributed by atoms with Gasteiger partial charge in [0, 0.05) is 32.4 Å². The molecule has 2 aromatic carbocycles. The number of nitrogens with zero attached hydrogens (tertiary/aromatic N) is 6. The number of piperazine rings is 1. The second kappa shape index (κ2) is 10.9. The molecule has 180 valence electrons. The number of fused-ring (bicyclic) bond motifs is 1. The number of rotatable bonds is 8. The predicted octanol–water partition coefficient (Wildman–Crippen LogP) is 2.98. The highest BCUT2D eigenvalue weighted by molar-refractivity contribution is 5.67. The van der Waals surface area contributed by atoms with E-state index in [1.807, 2.05) is 41.5 Å². The minimum Gasteiger partial charge on any atom is -0.459 e. The molecule has 0 aliphatic carbocycles. The molecule has 0 unspecified atom stereocenters. The van der Waals surface area contributed by atoms with Crippen molar-refractivity contribution in [2.45, 2.75) is 6.10 Å². The summed E-state index contributed by atoms with van der Waals surface area (Å²) in [5.74, 6) is 0. The first-order chi connectivity index (χ1) is 17.3. The van der Waals surface area contributed by atoms with Gasteiger partial charge in [-0.3, -0.25) is 4.84 Å². The molecule has 1 amide bonds. The van der Waals surface area contributed by atoms with Crippen LogP contribution in [-0.4, -0.2) is 75.3 Å². The van der Waals surface area contributed by atoms with Crippen molar-refractivity contribution in [2.24, 2.45) is 0 Å². The van der Waals surface area contributed by atoms with Gasteiger partial charge in [0.25, 0.3) is 0 Å². The summed E-state index contributed by atoms with van der Waals surface area (Å²) in [5, 5.41) is 10.0. The van der Waals surface area contributed by atoms with Crippen molar-refractivity contribution < 1.29 is 19.1 Å². The first kappa shape index (κ1) is 22.8. The number of carbonyl (C=O) groups excluding carboxylic acids is 1. The summed E-state index contributed by atoms with van der Waals surface area (Å²) in [6.07, 6.45) is 1.03. The Labute approximate surface area is 202 Å². The molecule has 4 aromatic rings. The van der Waals surface area contributed by atoms with Gasteiger partial charge in [-0.1, -0.05) is 65.8 Å². The lowest BCUT2D eigenvalue weighted by Gasteiger charge is -2.35. The zero-order chi connectivity index (χ0) is 23.9. The Hall–Kier alpha value is -4.02. The second-order valence-corrected chi connectivity index (χ2v) is 7.95. The predicted molar refractivity (Wildman–Crippen MR) is 127 cm³/mol. The zero-order valence-corrected chi connectivity index (χ0v) is 19.1. The Bertz CT molecular complexity index is 1160. The number of benzene rings is 2. The summed E-state index contributed by atoms with van der Waals surface area (Å²) >= 11 is 0. The Morgan fingerprint density at radius 3 is 2.20 bits per heavy atom. The van der Waals surface area contributed by atoms with Gasteiger partial charge in [0.05, 0.1) is 0 Å². The summed E-state index contributed by atoms with van der Waals surface area (Å²) in [5.41, 5.74) is 2.74. The topological polar surface area (TPSA) is 94.3 Å². The van der Waals surface area contributed by atoms with Gasteiger partial charge in [0.15, 0.2) is 5.65 Å². The second-order valence-electron chi connectivity index (χ2n) is 7.95. The van der Waals surface area contributed by atoms with Crippen LogP contribution in [0.15, 0.2) is 79.0 Å². The first-order valence-electron chi connectivity index (χ1n) is 11.5. The number of hydroxylamine groups is 2. The van der Waals surface area contributed by atoms with Crippen LogP contribution in [0.3, 0.4) is 0 Å². The SMILES string of the molecule is O=C(OCCOc1nc2cccnn2n1)N1CCN(OC(c2ccccc2)c2ccccc2)CC1. The highest BCUT2D eigenvalue weighted by atomic mass is 16.7. The first-order valence-corrected chi connectivity index (χ1v) is 11.5. The quantitative estimate of drug-likeness (QED) is 0.360. The number of hydrogen-bond donors (Lipinski definition) is 0. The van der Waals surface area contributed by atoms with Crippen LogP contribution in [0.4, 0.5) is 4.79 Å². The Morgan fingerprint density at radius 1 is 0.857 bits per heavy atom. The fourth-order valence-corrected chi connectivity index (χ4v) is 3.83. The minimum absolute atomic E-state index is 0.0998. The van der Waals surface area contributed by atoms with E-state index < -0.39 is 0 Å². The molecule has 35 heavy (non-hydrogen) atoms. The van der Waals surface area contributed by atoms with Crippen molar-refractivity contribution >= 4 is 11.7 Å². The van der Waals surface area contributed by atoms with E-state index in [9.17, 15) is 4.79 Å². The molecule has 0 spiro atoms. The third-order valence-corrected chi connectivity index (χ3v) is 5.60. The number of amides is 1. The zero-order valence-electron chi connectivity index (χ0n) is 19.1. The van der Waals surface area contributed by atoms with Crippen molar-refractivity contribution in [1.82, 2.24) is 29.8 Å². The molecular formula is C25H26N6O4. The highest BCUT2D eigenvalue weighted by Gasteiger charge is 2.26. The smallest absolute Gasteiger partial charge is 0.409 e. The van der Waals surface area contributed by atoms with Crippen molar-refractivity contribution in [3.8, 4) is 6.01 Å². The van der Waals surface area contributed by atoms with Gasteiger partial charge >= 0.3 is 12.1 Å². The third-order valence-electron chi connectivity index (χ3n) is 5.60. The fourth-order valence-electron chi connectivity index (χ4n) is 3.83. The maximum absolute atomic E-state index is 12.5. The Kier molecular flexibility index (Phi) is 7.11. The van der Waals surface area contributed by atoms with Gasteiger partial charge in [-0.05, 0) is 23.3 Å². The molecule has 1 aliphatic heterocycles. The molecule has 2 aromatic heterocycles. The van der Waals surface area contributed by atoms with Crippen LogP contribution in [0.2, 0.25) is 0 Å². The van der Waals surface area contributed by atoms with E-state index in [2.05, 4.69) is 39.4 Å². The average molecular weight is 475 g/mol. The minimum atomic E-state index is -0.374. The van der Waals surface area contributed by atoms with Crippen LogP contribution in [0, 0.1) is 0 Å². The Morgan fingerprint density at radius 2 is 1.54 bits per heavy atom. The fraction of sp³-hybridized carbons (Fsp3) is 0.280. The lowest BCUT2D eigenvalue weighted by molar-refractivity contribution is -0.201. The summed E-state index contributed by atoms with van der Waals surface area (Å²) in [6.45, 7) is 2.44. The highest BCUT2D eigenvalue weighted by Crippen LogP contribution is 2.27. The number of ether oxygens (including phenoxy) is 2. The van der Waals surface area contributed by atoms with E-state index in [0.29, 0.717) is 31.8 Å². The van der Waals surface area contributed by atoms with Crippen molar-refractivity contribution in [3.05, 3.63) is 90.1 Å². The molecule has 3 heterocycles. The lowest BCUT2D eigenvalue weighted by atomic mass is 10.0. The third kappa shape index (κ3) is 5.73. The van der Waals surface area contributed by atoms with Gasteiger partial charge in [0.1, 0.15) is 19.3 Å². The molecule has 0 atom stereocenters. The molecule has 10 nitrogen and oxygen atoms in total. The number of aromatic nitrogens is 4. The van der Waals surface area contributed by atoms with Crippen LogP contribution in [0.25, 0.3) is 5.65 Å². The molecule has 0 N–H and O–H groups in total. The normalized spacial score (nSPS) is 14.4. The van der Waals surface area contributed by atoms with Crippen molar-refractivity contribution in [3.63, 3.8) is 0 Å². The Balaban J connectivity index is 1.08. The van der Waals surface area contributed by atoms with Gasteiger partial charge in [-0.2, -0.15) is 15.1 Å². The summed E-state index contributed by atoms with van der Waals surface area (Å²) in [6, 6.07) is 24.0. The molecule has 0 bridgehead atoms. The molecule has 1 aliphatic rings. The van der Waals surface area contributed by atoms with Gasteiger partial charge in [-0.25, -0.2) is 4.79 Å². The van der Waals surface area contributed by atoms with Crippen LogP contribution < -0.4 is 4.74 Å². The average Bonchev–Trinajstić information content (AvgIpc) is 3.34. The molecule has 1 fully saturated rings. The van der Waals surface area contributed by atoms with E-state index in [1.165, 1.54) is 4.63 Å². The molecule has 10 heteroatoms. The van der Waals surface area contributed by atoms with E-state index in [0.717, 1.165) is 11.1 Å². The summed E-state index contributed by atoms with van der Waals surface area (Å²) in [7, 11) is 0. The van der Waals surface area contributed by atoms with Crippen molar-refractivity contribution in [1.29, 1.82) is 0 Å². The van der Waals surface area contributed by atoms with E-state index >= 15 is 0 Å². The maximum Gasteiger partial charge on any atom is 0.409 e. The molecule has 1 saturated heterocycles. The largest absolute Gasteiger partial charge is 0.459 e. The molecule has 5 rings (SSSR count). The van der Waals surface area contributed by atoms with E-state index in [1.54, 1.807) is 23.2 Å².